The highest BCUT2D eigenvalue weighted by atomic mass is 32.2. The molecule has 3 aromatic rings. The van der Waals surface area contributed by atoms with Gasteiger partial charge in [-0.3, -0.25) is 4.72 Å². The van der Waals surface area contributed by atoms with Crippen molar-refractivity contribution in [1.82, 2.24) is 0 Å². The molecule has 0 aliphatic heterocycles. The first kappa shape index (κ1) is 14.8. The Morgan fingerprint density at radius 1 is 0.864 bits per heavy atom. The van der Waals surface area contributed by atoms with E-state index in [1.165, 1.54) is 11.3 Å². The van der Waals surface area contributed by atoms with Crippen LogP contribution in [0.2, 0.25) is 0 Å². The van der Waals surface area contributed by atoms with Crippen molar-refractivity contribution in [2.24, 2.45) is 0 Å². The van der Waals surface area contributed by atoms with E-state index in [2.05, 4.69) is 4.72 Å². The summed E-state index contributed by atoms with van der Waals surface area (Å²) in [6.45, 7) is 0. The molecule has 112 valence electrons. The van der Waals surface area contributed by atoms with E-state index in [4.69, 9.17) is 0 Å². The normalized spacial score (nSPS) is 11.3. The molecule has 2 aromatic carbocycles. The Balaban J connectivity index is 1.83. The zero-order chi connectivity index (χ0) is 15.4. The molecule has 0 aliphatic carbocycles. The molecule has 3 nitrogen and oxygen atoms in total. The number of hydrogen-bond donors (Lipinski definition) is 1. The molecule has 1 heterocycles. The summed E-state index contributed by atoms with van der Waals surface area (Å²) in [6.07, 6.45) is 0. The topological polar surface area (TPSA) is 46.2 Å². The van der Waals surface area contributed by atoms with Gasteiger partial charge in [0.15, 0.2) is 0 Å². The number of sulfonamides is 1. The maximum Gasteiger partial charge on any atom is 0.236 e. The zero-order valence-electron chi connectivity index (χ0n) is 11.8. The predicted molar refractivity (Wildman–Crippen MR) is 92.4 cm³/mol. The minimum Gasteiger partial charge on any atom is -0.282 e. The highest BCUT2D eigenvalue weighted by Crippen LogP contribution is 2.34. The second kappa shape index (κ2) is 6.34. The van der Waals surface area contributed by atoms with Crippen molar-refractivity contribution in [3.63, 3.8) is 0 Å². The summed E-state index contributed by atoms with van der Waals surface area (Å²) >= 11 is 1.52. The minimum atomic E-state index is -3.43. The van der Waals surface area contributed by atoms with E-state index in [9.17, 15) is 8.42 Å². The van der Waals surface area contributed by atoms with Crippen LogP contribution < -0.4 is 4.72 Å². The van der Waals surface area contributed by atoms with Crippen molar-refractivity contribution in [3.05, 3.63) is 77.7 Å². The van der Waals surface area contributed by atoms with Crippen LogP contribution in [0.4, 0.5) is 5.69 Å². The molecule has 0 unspecified atom stereocenters. The van der Waals surface area contributed by atoms with Gasteiger partial charge in [-0.05, 0) is 22.6 Å². The van der Waals surface area contributed by atoms with E-state index >= 15 is 0 Å². The molecule has 0 amide bonds. The molecule has 22 heavy (non-hydrogen) atoms. The molecule has 0 radical (unpaired) electrons. The summed E-state index contributed by atoms with van der Waals surface area (Å²) < 4.78 is 27.4. The van der Waals surface area contributed by atoms with Crippen LogP contribution in [0, 0.1) is 0 Å². The van der Waals surface area contributed by atoms with Crippen LogP contribution in [0.25, 0.3) is 10.4 Å². The Morgan fingerprint density at radius 3 is 2.18 bits per heavy atom. The molecule has 0 bridgehead atoms. The fraction of sp³-hybridized carbons (Fsp3) is 0.0588. The second-order valence-corrected chi connectivity index (χ2v) is 7.51. The molecule has 1 N–H and O–H groups in total. The Kier molecular flexibility index (Phi) is 4.27. The summed E-state index contributed by atoms with van der Waals surface area (Å²) in [5.41, 5.74) is 2.41. The van der Waals surface area contributed by atoms with E-state index in [1.54, 1.807) is 6.07 Å². The third kappa shape index (κ3) is 3.55. The monoisotopic (exact) mass is 329 g/mol. The first-order valence-corrected chi connectivity index (χ1v) is 9.34. The maximum atomic E-state index is 12.3. The Morgan fingerprint density at radius 2 is 1.50 bits per heavy atom. The van der Waals surface area contributed by atoms with Crippen LogP contribution >= 0.6 is 11.3 Å². The van der Waals surface area contributed by atoms with Crippen LogP contribution in [0.15, 0.2) is 72.1 Å². The van der Waals surface area contributed by atoms with Crippen LogP contribution in [0.3, 0.4) is 0 Å². The smallest absolute Gasteiger partial charge is 0.236 e. The van der Waals surface area contributed by atoms with Gasteiger partial charge in [-0.1, -0.05) is 60.7 Å². The summed E-state index contributed by atoms with van der Waals surface area (Å²) in [4.78, 5) is 0.928. The molecule has 0 fully saturated rings. The van der Waals surface area contributed by atoms with E-state index in [0.29, 0.717) is 5.69 Å². The van der Waals surface area contributed by atoms with Crippen molar-refractivity contribution in [2.75, 3.05) is 4.72 Å². The van der Waals surface area contributed by atoms with Crippen molar-refractivity contribution < 1.29 is 8.42 Å². The van der Waals surface area contributed by atoms with Crippen LogP contribution in [0.1, 0.15) is 5.56 Å². The highest BCUT2D eigenvalue weighted by Gasteiger charge is 2.15. The second-order valence-electron chi connectivity index (χ2n) is 4.88. The van der Waals surface area contributed by atoms with Crippen molar-refractivity contribution in [2.45, 2.75) is 5.75 Å². The molecule has 1 aromatic heterocycles. The summed E-state index contributed by atoms with van der Waals surface area (Å²) in [6, 6.07) is 20.7. The third-order valence-corrected chi connectivity index (χ3v) is 5.37. The molecule has 0 spiro atoms. The number of nitrogens with one attached hydrogen (secondary N) is 1. The van der Waals surface area contributed by atoms with Crippen LogP contribution in [-0.2, 0) is 15.8 Å². The van der Waals surface area contributed by atoms with Gasteiger partial charge in [0.2, 0.25) is 10.0 Å². The molecule has 0 aliphatic rings. The molecule has 0 saturated carbocycles. The van der Waals surface area contributed by atoms with Crippen molar-refractivity contribution in [1.29, 1.82) is 0 Å². The lowest BCUT2D eigenvalue weighted by molar-refractivity contribution is 0.600. The number of thiophene rings is 1. The number of rotatable bonds is 5. The van der Waals surface area contributed by atoms with Crippen LogP contribution in [-0.4, -0.2) is 8.42 Å². The minimum absolute atomic E-state index is 0.0298. The van der Waals surface area contributed by atoms with Crippen molar-refractivity contribution in [3.8, 4) is 10.4 Å². The van der Waals surface area contributed by atoms with E-state index in [0.717, 1.165) is 16.0 Å². The lowest BCUT2D eigenvalue weighted by Crippen LogP contribution is -2.15. The number of benzene rings is 2. The fourth-order valence-corrected chi connectivity index (χ4v) is 4.33. The van der Waals surface area contributed by atoms with Gasteiger partial charge >= 0.3 is 0 Å². The van der Waals surface area contributed by atoms with E-state index < -0.39 is 10.0 Å². The molecule has 3 rings (SSSR count). The predicted octanol–water partition coefficient (Wildman–Crippen LogP) is 4.36. The standard InChI is InChI=1S/C17H15NO2S2/c19-22(20,13-14-7-3-1-4-8-14)18-16-11-12-21-17(16)15-9-5-2-6-10-15/h1-12,18H,13H2. The van der Waals surface area contributed by atoms with Gasteiger partial charge in [0.05, 0.1) is 16.3 Å². The highest BCUT2D eigenvalue weighted by molar-refractivity contribution is 7.92. The van der Waals surface area contributed by atoms with E-state index in [-0.39, 0.29) is 5.75 Å². The quantitative estimate of drug-likeness (QED) is 0.756. The SMILES string of the molecule is O=S(=O)(Cc1ccccc1)Nc1ccsc1-c1ccccc1. The zero-order valence-corrected chi connectivity index (χ0v) is 13.4. The maximum absolute atomic E-state index is 12.3. The van der Waals surface area contributed by atoms with Gasteiger partial charge in [-0.25, -0.2) is 8.42 Å². The lowest BCUT2D eigenvalue weighted by atomic mass is 10.2. The molecule has 0 atom stereocenters. The average Bonchev–Trinajstić information content (AvgIpc) is 2.96. The van der Waals surface area contributed by atoms with Gasteiger partial charge in [-0.15, -0.1) is 11.3 Å². The van der Waals surface area contributed by atoms with Crippen molar-refractivity contribution >= 4 is 27.0 Å². The van der Waals surface area contributed by atoms with Crippen LogP contribution in [0.5, 0.6) is 0 Å². The number of anilines is 1. The molecular weight excluding hydrogens is 314 g/mol. The Hall–Kier alpha value is -2.11. The van der Waals surface area contributed by atoms with E-state index in [1.807, 2.05) is 66.0 Å². The average molecular weight is 329 g/mol. The fourth-order valence-electron chi connectivity index (χ4n) is 2.20. The molecular formula is C17H15NO2S2. The lowest BCUT2D eigenvalue weighted by Gasteiger charge is -2.09. The first-order valence-electron chi connectivity index (χ1n) is 6.81. The summed E-state index contributed by atoms with van der Waals surface area (Å²) in [5, 5.41) is 1.89. The van der Waals surface area contributed by atoms with Gasteiger partial charge in [0, 0.05) is 0 Å². The Bertz CT molecular complexity index is 841. The largest absolute Gasteiger partial charge is 0.282 e. The first-order chi connectivity index (χ1) is 10.6. The van der Waals surface area contributed by atoms with Gasteiger partial charge in [0.1, 0.15) is 0 Å². The Labute approximate surface area is 134 Å². The number of hydrogen-bond acceptors (Lipinski definition) is 3. The van der Waals surface area contributed by atoms with Gasteiger partial charge in [0.25, 0.3) is 0 Å². The summed E-state index contributed by atoms with van der Waals surface area (Å²) in [5.74, 6) is -0.0298. The summed E-state index contributed by atoms with van der Waals surface area (Å²) in [7, 11) is -3.43. The molecule has 5 heteroatoms. The molecule has 0 saturated heterocycles. The third-order valence-electron chi connectivity index (χ3n) is 3.17. The van der Waals surface area contributed by atoms with Gasteiger partial charge < -0.3 is 0 Å². The van der Waals surface area contributed by atoms with Gasteiger partial charge in [-0.2, -0.15) is 0 Å².